The summed E-state index contributed by atoms with van der Waals surface area (Å²) in [5.41, 5.74) is 2.69. The molecule has 26 heavy (non-hydrogen) atoms. The number of likely N-dealkylation sites (tertiary alicyclic amines) is 1. The lowest BCUT2D eigenvalue weighted by Crippen LogP contribution is -2.50. The van der Waals surface area contributed by atoms with Gasteiger partial charge in [0.05, 0.1) is 0 Å². The maximum absolute atomic E-state index is 4.44. The molecule has 1 aliphatic carbocycles. The van der Waals surface area contributed by atoms with E-state index in [1.807, 2.05) is 7.05 Å². The van der Waals surface area contributed by atoms with Crippen molar-refractivity contribution in [3.05, 3.63) is 35.4 Å². The van der Waals surface area contributed by atoms with Crippen molar-refractivity contribution in [3.63, 3.8) is 0 Å². The molecule has 2 N–H and O–H groups in total. The highest BCUT2D eigenvalue weighted by molar-refractivity contribution is 5.80. The van der Waals surface area contributed by atoms with E-state index in [0.29, 0.717) is 12.0 Å². The zero-order chi connectivity index (χ0) is 18.4. The van der Waals surface area contributed by atoms with Gasteiger partial charge in [-0.1, -0.05) is 49.6 Å². The molecule has 4 nitrogen and oxygen atoms in total. The third-order valence-corrected chi connectivity index (χ3v) is 6.16. The Labute approximate surface area is 159 Å². The Balaban J connectivity index is 1.41. The lowest BCUT2D eigenvalue weighted by molar-refractivity contribution is 0.150. The fourth-order valence-corrected chi connectivity index (χ4v) is 4.33. The fraction of sp³-hybridized carbons (Fsp3) is 0.682. The Morgan fingerprint density at radius 1 is 1.12 bits per heavy atom. The first-order chi connectivity index (χ1) is 12.7. The Bertz CT molecular complexity index is 566. The van der Waals surface area contributed by atoms with Crippen LogP contribution in [-0.2, 0) is 0 Å². The molecule has 1 saturated carbocycles. The third-order valence-electron chi connectivity index (χ3n) is 6.16. The van der Waals surface area contributed by atoms with Crippen molar-refractivity contribution in [3.8, 4) is 0 Å². The lowest BCUT2D eigenvalue weighted by Gasteiger charge is -2.36. The van der Waals surface area contributed by atoms with Gasteiger partial charge in [0.25, 0.3) is 0 Å². The summed E-state index contributed by atoms with van der Waals surface area (Å²) in [6.07, 6.45) is 8.14. The Hall–Kier alpha value is -1.55. The van der Waals surface area contributed by atoms with E-state index in [4.69, 9.17) is 0 Å². The summed E-state index contributed by atoms with van der Waals surface area (Å²) >= 11 is 0. The SMILES string of the molecule is CN=C(NCC(C)c1ccc(C)cc1)NC1CCN(C2CCCC2)CC1. The van der Waals surface area contributed by atoms with E-state index in [9.17, 15) is 0 Å². The van der Waals surface area contributed by atoms with Crippen molar-refractivity contribution >= 4 is 5.96 Å². The highest BCUT2D eigenvalue weighted by Gasteiger charge is 2.27. The van der Waals surface area contributed by atoms with Crippen LogP contribution < -0.4 is 10.6 Å². The topological polar surface area (TPSA) is 39.7 Å². The monoisotopic (exact) mass is 356 g/mol. The molecule has 1 aromatic carbocycles. The van der Waals surface area contributed by atoms with Gasteiger partial charge >= 0.3 is 0 Å². The van der Waals surface area contributed by atoms with Gasteiger partial charge in [-0.2, -0.15) is 0 Å². The van der Waals surface area contributed by atoms with E-state index in [1.165, 1.54) is 62.7 Å². The van der Waals surface area contributed by atoms with Crippen LogP contribution in [0.25, 0.3) is 0 Å². The zero-order valence-electron chi connectivity index (χ0n) is 16.8. The van der Waals surface area contributed by atoms with E-state index in [-0.39, 0.29) is 0 Å². The molecular weight excluding hydrogens is 320 g/mol. The van der Waals surface area contributed by atoms with Crippen LogP contribution in [0.1, 0.15) is 62.5 Å². The molecular formula is C22H36N4. The molecule has 3 rings (SSSR count). The highest BCUT2D eigenvalue weighted by Crippen LogP contribution is 2.26. The number of rotatable bonds is 5. The fourth-order valence-electron chi connectivity index (χ4n) is 4.33. The molecule has 1 heterocycles. The lowest BCUT2D eigenvalue weighted by atomic mass is 10.00. The van der Waals surface area contributed by atoms with Gasteiger partial charge in [0.15, 0.2) is 5.96 Å². The van der Waals surface area contributed by atoms with E-state index in [1.54, 1.807) is 0 Å². The third kappa shape index (κ3) is 5.23. The number of benzene rings is 1. The summed E-state index contributed by atoms with van der Waals surface area (Å²) in [7, 11) is 1.87. The smallest absolute Gasteiger partial charge is 0.191 e. The Kier molecular flexibility index (Phi) is 6.95. The van der Waals surface area contributed by atoms with Crippen LogP contribution in [0.15, 0.2) is 29.3 Å². The zero-order valence-corrected chi connectivity index (χ0v) is 16.8. The molecule has 0 amide bonds. The molecule has 1 saturated heterocycles. The minimum atomic E-state index is 0.471. The van der Waals surface area contributed by atoms with Crippen molar-refractivity contribution in [1.82, 2.24) is 15.5 Å². The summed E-state index contributed by atoms with van der Waals surface area (Å²) in [6, 6.07) is 10.3. The van der Waals surface area contributed by atoms with E-state index < -0.39 is 0 Å². The van der Waals surface area contributed by atoms with Crippen LogP contribution in [0.5, 0.6) is 0 Å². The molecule has 1 unspecified atom stereocenters. The normalized spacial score (nSPS) is 21.7. The second-order valence-corrected chi connectivity index (χ2v) is 8.16. The van der Waals surface area contributed by atoms with Gasteiger partial charge in [-0.25, -0.2) is 0 Å². The number of hydrogen-bond donors (Lipinski definition) is 2. The largest absolute Gasteiger partial charge is 0.356 e. The van der Waals surface area contributed by atoms with Gasteiger partial charge < -0.3 is 15.5 Å². The quantitative estimate of drug-likeness (QED) is 0.625. The van der Waals surface area contributed by atoms with Crippen molar-refractivity contribution in [2.45, 2.75) is 70.4 Å². The molecule has 0 aromatic heterocycles. The van der Waals surface area contributed by atoms with Crippen molar-refractivity contribution in [2.75, 3.05) is 26.7 Å². The van der Waals surface area contributed by atoms with Crippen molar-refractivity contribution < 1.29 is 0 Å². The van der Waals surface area contributed by atoms with Gasteiger partial charge in [-0.15, -0.1) is 0 Å². The maximum Gasteiger partial charge on any atom is 0.191 e. The maximum atomic E-state index is 4.44. The number of guanidine groups is 1. The Morgan fingerprint density at radius 3 is 2.38 bits per heavy atom. The predicted molar refractivity (Wildman–Crippen MR) is 111 cm³/mol. The van der Waals surface area contributed by atoms with Crippen LogP contribution in [-0.4, -0.2) is 49.6 Å². The summed E-state index contributed by atoms with van der Waals surface area (Å²) in [5.74, 6) is 1.42. The second kappa shape index (κ2) is 9.40. The molecule has 4 heteroatoms. The van der Waals surface area contributed by atoms with Gasteiger partial charge in [0, 0.05) is 38.8 Å². The van der Waals surface area contributed by atoms with Gasteiger partial charge in [0.2, 0.25) is 0 Å². The van der Waals surface area contributed by atoms with Crippen LogP contribution in [0.3, 0.4) is 0 Å². The standard InChI is InChI=1S/C22H36N4/c1-17-8-10-19(11-9-17)18(2)16-24-22(23-3)25-20-12-14-26(15-13-20)21-6-4-5-7-21/h8-11,18,20-21H,4-7,12-16H2,1-3H3,(H2,23,24,25). The molecule has 1 atom stereocenters. The molecule has 2 fully saturated rings. The minimum absolute atomic E-state index is 0.471. The molecule has 1 aromatic rings. The minimum Gasteiger partial charge on any atom is -0.356 e. The second-order valence-electron chi connectivity index (χ2n) is 8.16. The summed E-state index contributed by atoms with van der Waals surface area (Å²) < 4.78 is 0. The average Bonchev–Trinajstić information content (AvgIpc) is 3.20. The van der Waals surface area contributed by atoms with E-state index in [2.05, 4.69) is 58.6 Å². The number of aliphatic imine (C=N–C) groups is 1. The first-order valence-electron chi connectivity index (χ1n) is 10.4. The molecule has 2 aliphatic rings. The highest BCUT2D eigenvalue weighted by atomic mass is 15.2. The summed E-state index contributed by atoms with van der Waals surface area (Å²) in [4.78, 5) is 7.16. The number of hydrogen-bond acceptors (Lipinski definition) is 2. The van der Waals surface area contributed by atoms with Gasteiger partial charge in [-0.3, -0.25) is 4.99 Å². The molecule has 0 spiro atoms. The van der Waals surface area contributed by atoms with Crippen LogP contribution in [0.2, 0.25) is 0 Å². The number of piperidine rings is 1. The molecule has 0 bridgehead atoms. The van der Waals surface area contributed by atoms with Crippen LogP contribution >= 0.6 is 0 Å². The Morgan fingerprint density at radius 2 is 1.77 bits per heavy atom. The summed E-state index contributed by atoms with van der Waals surface area (Å²) in [5, 5.41) is 7.17. The number of nitrogens with one attached hydrogen (secondary N) is 2. The molecule has 1 aliphatic heterocycles. The first-order valence-corrected chi connectivity index (χ1v) is 10.4. The van der Waals surface area contributed by atoms with Gasteiger partial charge in [0.1, 0.15) is 0 Å². The van der Waals surface area contributed by atoms with Crippen LogP contribution in [0.4, 0.5) is 0 Å². The van der Waals surface area contributed by atoms with E-state index >= 15 is 0 Å². The summed E-state index contributed by atoms with van der Waals surface area (Å²) in [6.45, 7) is 7.78. The van der Waals surface area contributed by atoms with Gasteiger partial charge in [-0.05, 0) is 44.1 Å². The predicted octanol–water partition coefficient (Wildman–Crippen LogP) is 3.67. The van der Waals surface area contributed by atoms with Crippen molar-refractivity contribution in [1.29, 1.82) is 0 Å². The van der Waals surface area contributed by atoms with Crippen LogP contribution in [0, 0.1) is 6.92 Å². The molecule has 0 radical (unpaired) electrons. The first kappa shape index (κ1) is 19.2. The van der Waals surface area contributed by atoms with E-state index in [0.717, 1.165) is 18.5 Å². The number of nitrogens with zero attached hydrogens (tertiary/aromatic N) is 2. The average molecular weight is 357 g/mol. The van der Waals surface area contributed by atoms with Crippen molar-refractivity contribution in [2.24, 2.45) is 4.99 Å². The molecule has 144 valence electrons. The number of aryl methyl sites for hydroxylation is 1.